The minimum atomic E-state index is -0.992. The molecule has 0 unspecified atom stereocenters. The number of hydrogen-bond donors (Lipinski definition) is 1. The molecule has 146 valence electrons. The molecule has 30 heavy (non-hydrogen) atoms. The monoisotopic (exact) mass is 397 g/mol. The molecule has 4 rings (SSSR count). The molecule has 1 aromatic carbocycles. The Labute approximate surface area is 171 Å². The predicted octanol–water partition coefficient (Wildman–Crippen LogP) is 3.24. The van der Waals surface area contributed by atoms with E-state index >= 15 is 0 Å². The van der Waals surface area contributed by atoms with Crippen LogP contribution in [0.4, 0.5) is 5.82 Å². The van der Waals surface area contributed by atoms with Crippen LogP contribution < -0.4 is 4.90 Å². The van der Waals surface area contributed by atoms with Crippen molar-refractivity contribution in [3.8, 4) is 17.2 Å². The number of benzene rings is 1. The van der Waals surface area contributed by atoms with Gasteiger partial charge in [-0.15, -0.1) is 0 Å². The van der Waals surface area contributed by atoms with Crippen LogP contribution >= 0.6 is 0 Å². The highest BCUT2D eigenvalue weighted by Crippen LogP contribution is 2.26. The average Bonchev–Trinajstić information content (AvgIpc) is 3.21. The second-order valence-corrected chi connectivity index (χ2v) is 6.57. The number of carbonyl (C=O) groups is 2. The van der Waals surface area contributed by atoms with Crippen molar-refractivity contribution in [3.05, 3.63) is 83.8 Å². The molecule has 0 aliphatic heterocycles. The number of nitrogens with zero attached hydrogens (tertiary/aromatic N) is 5. The molecule has 0 radical (unpaired) electrons. The number of carboxylic acids is 1. The zero-order chi connectivity index (χ0) is 21.3. The van der Waals surface area contributed by atoms with Crippen LogP contribution in [0, 0.1) is 11.3 Å². The lowest BCUT2D eigenvalue weighted by molar-refractivity contribution is 0.0696. The van der Waals surface area contributed by atoms with E-state index < -0.39 is 5.97 Å². The summed E-state index contributed by atoms with van der Waals surface area (Å²) in [4.78, 5) is 29.6. The molecule has 3 heterocycles. The Balaban J connectivity index is 1.68. The smallest absolute Gasteiger partial charge is 0.335 e. The minimum Gasteiger partial charge on any atom is -0.478 e. The second kappa shape index (κ2) is 7.48. The summed E-state index contributed by atoms with van der Waals surface area (Å²) >= 11 is 0. The molecular weight excluding hydrogens is 382 g/mol. The van der Waals surface area contributed by atoms with E-state index in [1.54, 1.807) is 60.4 Å². The number of carbonyl (C=O) groups excluding carboxylic acids is 1. The summed E-state index contributed by atoms with van der Waals surface area (Å²) in [7, 11) is 1.61. The van der Waals surface area contributed by atoms with Gasteiger partial charge in [-0.05, 0) is 42.0 Å². The lowest BCUT2D eigenvalue weighted by atomic mass is 10.0. The molecule has 3 aromatic heterocycles. The molecular formula is C22H15N5O3. The average molecular weight is 397 g/mol. The fourth-order valence-electron chi connectivity index (χ4n) is 3.08. The predicted molar refractivity (Wildman–Crippen MR) is 109 cm³/mol. The summed E-state index contributed by atoms with van der Waals surface area (Å²) in [6.45, 7) is 0. The van der Waals surface area contributed by atoms with Crippen molar-refractivity contribution >= 4 is 23.2 Å². The summed E-state index contributed by atoms with van der Waals surface area (Å²) < 4.78 is 1.65. The lowest BCUT2D eigenvalue weighted by Crippen LogP contribution is -2.27. The summed E-state index contributed by atoms with van der Waals surface area (Å²) in [5, 5.41) is 22.3. The Morgan fingerprint density at radius 3 is 2.47 bits per heavy atom. The minimum absolute atomic E-state index is 0.197. The van der Waals surface area contributed by atoms with Crippen LogP contribution in [0.15, 0.2) is 67.1 Å². The van der Waals surface area contributed by atoms with Crippen molar-refractivity contribution < 1.29 is 14.7 Å². The number of anilines is 1. The molecule has 0 fully saturated rings. The van der Waals surface area contributed by atoms with Crippen LogP contribution in [-0.4, -0.2) is 38.6 Å². The number of nitriles is 1. The molecule has 4 aromatic rings. The van der Waals surface area contributed by atoms with Crippen LogP contribution in [-0.2, 0) is 0 Å². The standard InChI is InChI=1S/C22H15N5O3/c1-26(20-7-2-14(11-23)12-24-20)21(28)17-8-9-27-19(10-17)18(13-25-27)15-3-5-16(6-4-15)22(29)30/h2-10,12-13H,1H3,(H,29,30). The third-order valence-corrected chi connectivity index (χ3v) is 4.74. The molecule has 0 saturated heterocycles. The first kappa shape index (κ1) is 18.8. The van der Waals surface area contributed by atoms with Crippen LogP contribution in [0.2, 0.25) is 0 Å². The van der Waals surface area contributed by atoms with E-state index in [-0.39, 0.29) is 11.5 Å². The second-order valence-electron chi connectivity index (χ2n) is 6.57. The van der Waals surface area contributed by atoms with Gasteiger partial charge in [-0.25, -0.2) is 14.3 Å². The van der Waals surface area contributed by atoms with E-state index in [0.29, 0.717) is 22.5 Å². The number of amides is 1. The van der Waals surface area contributed by atoms with E-state index in [9.17, 15) is 9.59 Å². The van der Waals surface area contributed by atoms with Gasteiger partial charge < -0.3 is 5.11 Å². The van der Waals surface area contributed by atoms with Crippen LogP contribution in [0.3, 0.4) is 0 Å². The molecule has 0 bridgehead atoms. The maximum Gasteiger partial charge on any atom is 0.335 e. The van der Waals surface area contributed by atoms with E-state index in [1.165, 1.54) is 23.2 Å². The van der Waals surface area contributed by atoms with Crippen molar-refractivity contribution in [1.29, 1.82) is 5.26 Å². The first-order valence-corrected chi connectivity index (χ1v) is 8.93. The van der Waals surface area contributed by atoms with Gasteiger partial charge in [0.15, 0.2) is 0 Å². The highest BCUT2D eigenvalue weighted by atomic mass is 16.4. The number of rotatable bonds is 4. The largest absolute Gasteiger partial charge is 0.478 e. The first-order chi connectivity index (χ1) is 14.5. The number of pyridine rings is 2. The van der Waals surface area contributed by atoms with Crippen molar-refractivity contribution in [1.82, 2.24) is 14.6 Å². The van der Waals surface area contributed by atoms with Crippen molar-refractivity contribution in [2.45, 2.75) is 0 Å². The summed E-state index contributed by atoms with van der Waals surface area (Å²) in [6, 6.07) is 15.1. The summed E-state index contributed by atoms with van der Waals surface area (Å²) in [6.07, 6.45) is 4.78. The third kappa shape index (κ3) is 3.36. The maximum absolute atomic E-state index is 13.0. The van der Waals surface area contributed by atoms with Gasteiger partial charge >= 0.3 is 5.97 Å². The van der Waals surface area contributed by atoms with Gasteiger partial charge in [0.2, 0.25) is 0 Å². The first-order valence-electron chi connectivity index (χ1n) is 8.93. The molecule has 0 aliphatic carbocycles. The number of fused-ring (bicyclic) bond motifs is 1. The highest BCUT2D eigenvalue weighted by molar-refractivity contribution is 6.06. The zero-order valence-corrected chi connectivity index (χ0v) is 15.9. The van der Waals surface area contributed by atoms with Crippen molar-refractivity contribution in [3.63, 3.8) is 0 Å². The molecule has 0 spiro atoms. The lowest BCUT2D eigenvalue weighted by Gasteiger charge is -2.16. The van der Waals surface area contributed by atoms with E-state index in [1.807, 2.05) is 6.07 Å². The molecule has 0 saturated carbocycles. The number of aromatic carboxylic acids is 1. The number of aromatic nitrogens is 3. The fraction of sp³-hybridized carbons (Fsp3) is 0.0455. The molecule has 1 amide bonds. The van der Waals surface area contributed by atoms with Gasteiger partial charge in [0, 0.05) is 30.6 Å². The van der Waals surface area contributed by atoms with E-state index in [0.717, 1.165) is 11.1 Å². The normalized spacial score (nSPS) is 10.5. The van der Waals surface area contributed by atoms with Gasteiger partial charge in [0.1, 0.15) is 11.9 Å². The maximum atomic E-state index is 13.0. The molecule has 8 nitrogen and oxygen atoms in total. The van der Waals surface area contributed by atoms with Gasteiger partial charge in [0.05, 0.1) is 22.8 Å². The van der Waals surface area contributed by atoms with E-state index in [2.05, 4.69) is 10.1 Å². The van der Waals surface area contributed by atoms with Gasteiger partial charge in [0.25, 0.3) is 5.91 Å². The van der Waals surface area contributed by atoms with Crippen LogP contribution in [0.1, 0.15) is 26.3 Å². The SMILES string of the molecule is CN(C(=O)c1ccn2ncc(-c3ccc(C(=O)O)cc3)c2c1)c1ccc(C#N)cn1. The Hall–Kier alpha value is -4.51. The molecule has 0 atom stereocenters. The van der Waals surface area contributed by atoms with Crippen LogP contribution in [0.5, 0.6) is 0 Å². The van der Waals surface area contributed by atoms with Crippen molar-refractivity contribution in [2.24, 2.45) is 0 Å². The van der Waals surface area contributed by atoms with Crippen LogP contribution in [0.25, 0.3) is 16.6 Å². The summed E-state index contributed by atoms with van der Waals surface area (Å²) in [5.74, 6) is -0.825. The zero-order valence-electron chi connectivity index (χ0n) is 15.9. The molecule has 8 heteroatoms. The Morgan fingerprint density at radius 2 is 1.83 bits per heavy atom. The highest BCUT2D eigenvalue weighted by Gasteiger charge is 2.17. The molecule has 1 N–H and O–H groups in total. The number of carboxylic acid groups (broad SMARTS) is 1. The quantitative estimate of drug-likeness (QED) is 0.566. The number of hydrogen-bond acceptors (Lipinski definition) is 5. The topological polar surface area (TPSA) is 112 Å². The van der Waals surface area contributed by atoms with E-state index in [4.69, 9.17) is 10.4 Å². The van der Waals surface area contributed by atoms with Crippen molar-refractivity contribution in [2.75, 3.05) is 11.9 Å². The summed E-state index contributed by atoms with van der Waals surface area (Å²) in [5.41, 5.74) is 3.34. The Bertz CT molecular complexity index is 1300. The Kier molecular flexibility index (Phi) is 4.70. The van der Waals surface area contributed by atoms with Gasteiger partial charge in [-0.1, -0.05) is 12.1 Å². The van der Waals surface area contributed by atoms with Gasteiger partial charge in [-0.3, -0.25) is 9.69 Å². The molecule has 0 aliphatic rings. The van der Waals surface area contributed by atoms with Gasteiger partial charge in [-0.2, -0.15) is 10.4 Å². The fourth-order valence-corrected chi connectivity index (χ4v) is 3.08. The Morgan fingerprint density at radius 1 is 1.07 bits per heavy atom. The third-order valence-electron chi connectivity index (χ3n) is 4.74.